The molecular weight excluding hydrogens is 417 g/mol. The predicted molar refractivity (Wildman–Crippen MR) is 121 cm³/mol. The number of halogens is 2. The topological polar surface area (TPSA) is 85.1 Å². The van der Waals surface area contributed by atoms with Crippen LogP contribution in [0.2, 0.25) is 5.02 Å². The Balaban J connectivity index is 1.32. The van der Waals surface area contributed by atoms with Gasteiger partial charge in [-0.2, -0.15) is 0 Å². The molecular formula is C23H29ClFN5O. The average Bonchev–Trinajstić information content (AvgIpc) is 3.51. The van der Waals surface area contributed by atoms with Crippen LogP contribution in [0, 0.1) is 17.2 Å². The first-order valence-corrected chi connectivity index (χ1v) is 11.6. The van der Waals surface area contributed by atoms with Crippen LogP contribution in [-0.2, 0) is 4.74 Å². The van der Waals surface area contributed by atoms with E-state index in [4.69, 9.17) is 22.1 Å². The van der Waals surface area contributed by atoms with E-state index in [0.29, 0.717) is 28.7 Å². The van der Waals surface area contributed by atoms with E-state index in [1.165, 1.54) is 6.07 Å². The normalized spacial score (nSPS) is 29.8. The molecule has 5 rings (SSSR count). The average molecular weight is 446 g/mol. The van der Waals surface area contributed by atoms with Crippen molar-refractivity contribution in [2.75, 3.05) is 30.4 Å². The Kier molecular flexibility index (Phi) is 5.75. The maximum absolute atomic E-state index is 14.5. The fraction of sp³-hybridized carbons (Fsp3) is 0.565. The third-order valence-corrected chi connectivity index (χ3v) is 7.43. The number of hydrogen-bond donors (Lipinski definition) is 3. The molecule has 0 spiro atoms. The van der Waals surface area contributed by atoms with Gasteiger partial charge in [0.25, 0.3) is 0 Å². The third kappa shape index (κ3) is 4.49. The fourth-order valence-corrected chi connectivity index (χ4v) is 5.14. The molecule has 2 aliphatic carbocycles. The molecule has 8 heteroatoms. The minimum Gasteiger partial charge on any atom is -0.381 e. The van der Waals surface area contributed by atoms with Crippen LogP contribution < -0.4 is 16.4 Å². The van der Waals surface area contributed by atoms with Crippen LogP contribution in [0.3, 0.4) is 0 Å². The van der Waals surface area contributed by atoms with Crippen LogP contribution >= 0.6 is 11.6 Å². The number of nitrogens with zero attached hydrogens (tertiary/aromatic N) is 2. The molecule has 2 aromatic heterocycles. The summed E-state index contributed by atoms with van der Waals surface area (Å²) in [5, 5.41) is 7.23. The summed E-state index contributed by atoms with van der Waals surface area (Å²) < 4.78 is 20.0. The molecule has 31 heavy (non-hydrogen) atoms. The first kappa shape index (κ1) is 20.9. The summed E-state index contributed by atoms with van der Waals surface area (Å²) in [5.74, 6) is 1.25. The van der Waals surface area contributed by atoms with Crippen LogP contribution in [0.25, 0.3) is 11.3 Å². The zero-order valence-corrected chi connectivity index (χ0v) is 18.3. The Hall–Kier alpha value is -1.96. The minimum absolute atomic E-state index is 0.232. The first-order valence-electron chi connectivity index (χ1n) is 11.2. The van der Waals surface area contributed by atoms with E-state index < -0.39 is 0 Å². The Morgan fingerprint density at radius 1 is 1.26 bits per heavy atom. The molecule has 0 aromatic carbocycles. The number of aromatic nitrogens is 2. The van der Waals surface area contributed by atoms with Crippen LogP contribution in [0.4, 0.5) is 16.0 Å². The van der Waals surface area contributed by atoms with Gasteiger partial charge < -0.3 is 21.1 Å². The SMILES string of the molecule is N[C@H]1CC[C@@H](Nc2cc(-c3ccc(F)c(NCC45CCOCC4C5)n3)c(Cl)cn2)CC1. The van der Waals surface area contributed by atoms with Crippen LogP contribution in [0.5, 0.6) is 0 Å². The number of rotatable bonds is 6. The van der Waals surface area contributed by atoms with Crippen molar-refractivity contribution in [1.29, 1.82) is 0 Å². The van der Waals surface area contributed by atoms with Gasteiger partial charge in [0.05, 0.1) is 10.7 Å². The molecule has 2 saturated carbocycles. The summed E-state index contributed by atoms with van der Waals surface area (Å²) in [7, 11) is 0. The molecule has 2 atom stereocenters. The summed E-state index contributed by atoms with van der Waals surface area (Å²) in [6.45, 7) is 2.31. The van der Waals surface area contributed by atoms with Crippen molar-refractivity contribution in [3.8, 4) is 11.3 Å². The van der Waals surface area contributed by atoms with Crippen LogP contribution in [0.15, 0.2) is 24.4 Å². The van der Waals surface area contributed by atoms with Gasteiger partial charge in [0.2, 0.25) is 0 Å². The van der Waals surface area contributed by atoms with E-state index in [2.05, 4.69) is 20.6 Å². The molecule has 166 valence electrons. The zero-order chi connectivity index (χ0) is 21.4. The Morgan fingerprint density at radius 2 is 2.10 bits per heavy atom. The van der Waals surface area contributed by atoms with Gasteiger partial charge in [-0.15, -0.1) is 0 Å². The van der Waals surface area contributed by atoms with E-state index in [1.807, 2.05) is 6.07 Å². The Bertz CT molecular complexity index is 952. The summed E-state index contributed by atoms with van der Waals surface area (Å²) in [5.41, 5.74) is 7.61. The largest absolute Gasteiger partial charge is 0.381 e. The number of hydrogen-bond acceptors (Lipinski definition) is 6. The fourth-order valence-electron chi connectivity index (χ4n) is 4.94. The highest BCUT2D eigenvalue weighted by Gasteiger charge is 2.55. The summed E-state index contributed by atoms with van der Waals surface area (Å²) in [6, 6.07) is 5.66. The van der Waals surface area contributed by atoms with E-state index in [9.17, 15) is 4.39 Å². The van der Waals surface area contributed by atoms with Gasteiger partial charge in [0, 0.05) is 43.6 Å². The monoisotopic (exact) mass is 445 g/mol. The highest BCUT2D eigenvalue weighted by atomic mass is 35.5. The summed E-state index contributed by atoms with van der Waals surface area (Å²) in [4.78, 5) is 8.99. The maximum Gasteiger partial charge on any atom is 0.165 e. The molecule has 0 bridgehead atoms. The lowest BCUT2D eigenvalue weighted by Crippen LogP contribution is -2.33. The number of anilines is 2. The molecule has 0 amide bonds. The van der Waals surface area contributed by atoms with Gasteiger partial charge in [-0.05, 0) is 68.1 Å². The Labute approximate surface area is 187 Å². The molecule has 1 saturated heterocycles. The highest BCUT2D eigenvalue weighted by molar-refractivity contribution is 6.33. The first-order chi connectivity index (χ1) is 15.0. The van der Waals surface area contributed by atoms with E-state index >= 15 is 0 Å². The Morgan fingerprint density at radius 3 is 2.90 bits per heavy atom. The van der Waals surface area contributed by atoms with Gasteiger partial charge in [-0.3, -0.25) is 0 Å². The van der Waals surface area contributed by atoms with Crippen molar-refractivity contribution in [3.63, 3.8) is 0 Å². The number of nitrogens with one attached hydrogen (secondary N) is 2. The molecule has 2 aromatic rings. The lowest BCUT2D eigenvalue weighted by atomic mass is 9.92. The van der Waals surface area contributed by atoms with E-state index in [-0.39, 0.29) is 17.1 Å². The maximum atomic E-state index is 14.5. The van der Waals surface area contributed by atoms with Gasteiger partial charge in [0.1, 0.15) is 5.82 Å². The highest BCUT2D eigenvalue weighted by Crippen LogP contribution is 2.57. The number of pyridine rings is 2. The standard InChI is InChI=1S/C23H29ClFN5O/c24-18-11-27-21(29-16-3-1-15(26)2-4-16)9-17(18)20-6-5-19(25)22(30-20)28-13-23-7-8-31-12-14(23)10-23/h5-6,9,11,14-16H,1-4,7-8,10,12-13,26H2,(H,27,29)(H,28,30)/t14?,15-,16+,23?. The lowest BCUT2D eigenvalue weighted by Gasteiger charge is -2.27. The zero-order valence-electron chi connectivity index (χ0n) is 17.5. The smallest absolute Gasteiger partial charge is 0.165 e. The second-order valence-electron chi connectivity index (χ2n) is 9.27. The lowest BCUT2D eigenvalue weighted by molar-refractivity contribution is 0.0650. The second kappa shape index (κ2) is 8.52. The van der Waals surface area contributed by atoms with Crippen LogP contribution in [0.1, 0.15) is 38.5 Å². The third-order valence-electron chi connectivity index (χ3n) is 7.13. The molecule has 2 unspecified atom stereocenters. The van der Waals surface area contributed by atoms with Crippen molar-refractivity contribution < 1.29 is 9.13 Å². The molecule has 6 nitrogen and oxygen atoms in total. The van der Waals surface area contributed by atoms with Gasteiger partial charge >= 0.3 is 0 Å². The van der Waals surface area contributed by atoms with Gasteiger partial charge in [-0.25, -0.2) is 14.4 Å². The van der Waals surface area contributed by atoms with Crippen molar-refractivity contribution in [2.24, 2.45) is 17.1 Å². The van der Waals surface area contributed by atoms with E-state index in [1.54, 1.807) is 12.3 Å². The summed E-state index contributed by atoms with van der Waals surface area (Å²) >= 11 is 6.44. The number of nitrogens with two attached hydrogens (primary N) is 1. The summed E-state index contributed by atoms with van der Waals surface area (Å²) in [6.07, 6.45) is 7.86. The van der Waals surface area contributed by atoms with Crippen LogP contribution in [-0.4, -0.2) is 41.8 Å². The predicted octanol–water partition coefficient (Wildman–Crippen LogP) is 4.46. The van der Waals surface area contributed by atoms with Crippen molar-refractivity contribution in [2.45, 2.75) is 50.6 Å². The van der Waals surface area contributed by atoms with Crippen molar-refractivity contribution >= 4 is 23.2 Å². The number of ether oxygens (including phenoxy) is 1. The van der Waals surface area contributed by atoms with E-state index in [0.717, 1.165) is 69.7 Å². The van der Waals surface area contributed by atoms with Crippen molar-refractivity contribution in [3.05, 3.63) is 35.2 Å². The molecule has 1 aliphatic heterocycles. The molecule has 3 fully saturated rings. The molecule has 3 aliphatic rings. The van der Waals surface area contributed by atoms with Gasteiger partial charge in [-0.1, -0.05) is 11.6 Å². The molecule has 0 radical (unpaired) electrons. The van der Waals surface area contributed by atoms with Gasteiger partial charge in [0.15, 0.2) is 11.6 Å². The number of fused-ring (bicyclic) bond motifs is 1. The molecule has 3 heterocycles. The quantitative estimate of drug-likeness (QED) is 0.608. The van der Waals surface area contributed by atoms with Crippen molar-refractivity contribution in [1.82, 2.24) is 9.97 Å². The molecule has 4 N–H and O–H groups in total. The minimum atomic E-state index is -0.355. The second-order valence-corrected chi connectivity index (χ2v) is 9.68.